The minimum Gasteiger partial charge on any atom is -0.496 e. The molecule has 1 atom stereocenters. The van der Waals surface area contributed by atoms with Crippen LogP contribution in [0.4, 0.5) is 0 Å². The summed E-state index contributed by atoms with van der Waals surface area (Å²) in [5, 5.41) is 18.7. The fourth-order valence-corrected chi connectivity index (χ4v) is 2.61. The highest BCUT2D eigenvalue weighted by Gasteiger charge is 2.21. The third-order valence-electron chi connectivity index (χ3n) is 2.96. The van der Waals surface area contributed by atoms with Gasteiger partial charge in [0.1, 0.15) is 11.3 Å². The molecule has 0 fully saturated rings. The van der Waals surface area contributed by atoms with Gasteiger partial charge in [-0.2, -0.15) is 0 Å². The van der Waals surface area contributed by atoms with E-state index in [4.69, 9.17) is 9.84 Å². The van der Waals surface area contributed by atoms with Crippen molar-refractivity contribution >= 4 is 16.0 Å². The Kier molecular flexibility index (Phi) is 5.70. The second kappa shape index (κ2) is 6.88. The maximum absolute atomic E-state index is 12.1. The highest BCUT2D eigenvalue weighted by atomic mass is 32.2. The molecule has 1 rings (SSSR count). The van der Waals surface area contributed by atoms with Crippen molar-refractivity contribution in [1.29, 1.82) is 0 Å². The van der Waals surface area contributed by atoms with E-state index < -0.39 is 22.1 Å². The molecule has 0 saturated carbocycles. The Labute approximate surface area is 123 Å². The molecule has 3 N–H and O–H groups in total. The smallest absolute Gasteiger partial charge is 0.339 e. The van der Waals surface area contributed by atoms with Crippen LogP contribution in [0.3, 0.4) is 0 Å². The lowest BCUT2D eigenvalue weighted by Gasteiger charge is -2.15. The van der Waals surface area contributed by atoms with E-state index in [1.807, 2.05) is 0 Å². The molecule has 0 aliphatic carbocycles. The first-order chi connectivity index (χ1) is 9.69. The molecule has 118 valence electrons. The Hall–Kier alpha value is -1.64. The summed E-state index contributed by atoms with van der Waals surface area (Å²) in [7, 11) is -2.60. The van der Waals surface area contributed by atoms with Crippen LogP contribution in [0.5, 0.6) is 5.75 Å². The summed E-state index contributed by atoms with van der Waals surface area (Å²) in [6.45, 7) is 3.37. The van der Waals surface area contributed by atoms with Gasteiger partial charge in [0.15, 0.2) is 0 Å². The van der Waals surface area contributed by atoms with Gasteiger partial charge in [-0.3, -0.25) is 0 Å². The Bertz CT molecular complexity index is 611. The number of carboxylic acid groups (broad SMARTS) is 1. The zero-order chi connectivity index (χ0) is 16.2. The van der Waals surface area contributed by atoms with E-state index in [9.17, 15) is 18.3 Å². The number of carboxylic acids is 1. The van der Waals surface area contributed by atoms with E-state index in [1.54, 1.807) is 13.8 Å². The molecule has 0 heterocycles. The fourth-order valence-electron chi connectivity index (χ4n) is 1.54. The average Bonchev–Trinajstić information content (AvgIpc) is 2.43. The summed E-state index contributed by atoms with van der Waals surface area (Å²) < 4.78 is 31.3. The Balaban J connectivity index is 3.04. The van der Waals surface area contributed by atoms with Crippen molar-refractivity contribution in [3.8, 4) is 5.75 Å². The second-order valence-corrected chi connectivity index (χ2v) is 6.60. The van der Waals surface area contributed by atoms with E-state index >= 15 is 0 Å². The van der Waals surface area contributed by atoms with Crippen LogP contribution < -0.4 is 9.46 Å². The van der Waals surface area contributed by atoms with Gasteiger partial charge in [-0.1, -0.05) is 13.8 Å². The van der Waals surface area contributed by atoms with Crippen LogP contribution in [0.2, 0.25) is 0 Å². The van der Waals surface area contributed by atoms with Crippen LogP contribution in [0, 0.1) is 5.92 Å². The van der Waals surface area contributed by atoms with Crippen molar-refractivity contribution in [2.45, 2.75) is 24.8 Å². The first kappa shape index (κ1) is 17.4. The van der Waals surface area contributed by atoms with E-state index in [0.717, 1.165) is 6.07 Å². The summed E-state index contributed by atoms with van der Waals surface area (Å²) in [6, 6.07) is 3.54. The normalized spacial score (nSPS) is 13.2. The number of hydrogen-bond donors (Lipinski definition) is 3. The number of hydrogen-bond acceptors (Lipinski definition) is 5. The van der Waals surface area contributed by atoms with Crippen LogP contribution in [-0.2, 0) is 10.0 Å². The first-order valence-electron chi connectivity index (χ1n) is 6.28. The van der Waals surface area contributed by atoms with Crippen LogP contribution in [0.25, 0.3) is 0 Å². The topological polar surface area (TPSA) is 113 Å². The largest absolute Gasteiger partial charge is 0.496 e. The number of aromatic carboxylic acids is 1. The van der Waals surface area contributed by atoms with Gasteiger partial charge in [-0.15, -0.1) is 0 Å². The molecular weight excluding hydrogens is 298 g/mol. The molecule has 1 aromatic rings. The maximum Gasteiger partial charge on any atom is 0.339 e. The number of sulfonamides is 1. The zero-order valence-corrected chi connectivity index (χ0v) is 12.8. The molecule has 0 bridgehead atoms. The van der Waals surface area contributed by atoms with Crippen molar-refractivity contribution in [3.63, 3.8) is 0 Å². The van der Waals surface area contributed by atoms with E-state index in [1.165, 1.54) is 19.2 Å². The summed E-state index contributed by atoms with van der Waals surface area (Å²) in [5.41, 5.74) is -0.246. The van der Waals surface area contributed by atoms with Gasteiger partial charge in [0.25, 0.3) is 0 Å². The molecule has 0 aliphatic rings. The lowest BCUT2D eigenvalue weighted by atomic mass is 10.1. The number of ether oxygens (including phenoxy) is 1. The van der Waals surface area contributed by atoms with Crippen LogP contribution in [-0.4, -0.2) is 44.4 Å². The SMILES string of the molecule is COc1ccc(S(=O)(=O)NCC(O)C(C)C)cc1C(=O)O. The Morgan fingerprint density at radius 3 is 2.48 bits per heavy atom. The zero-order valence-electron chi connectivity index (χ0n) is 12.0. The van der Waals surface area contributed by atoms with E-state index in [-0.39, 0.29) is 28.7 Å². The van der Waals surface area contributed by atoms with Crippen molar-refractivity contribution < 1.29 is 28.2 Å². The number of methoxy groups -OCH3 is 1. The van der Waals surface area contributed by atoms with Crippen LogP contribution >= 0.6 is 0 Å². The van der Waals surface area contributed by atoms with Crippen LogP contribution in [0.15, 0.2) is 23.1 Å². The van der Waals surface area contributed by atoms with Crippen molar-refractivity contribution in [2.24, 2.45) is 5.92 Å². The molecule has 8 heteroatoms. The lowest BCUT2D eigenvalue weighted by Crippen LogP contribution is -2.34. The highest BCUT2D eigenvalue weighted by molar-refractivity contribution is 7.89. The first-order valence-corrected chi connectivity index (χ1v) is 7.76. The van der Waals surface area contributed by atoms with Gasteiger partial charge in [-0.05, 0) is 24.1 Å². The molecule has 0 amide bonds. The number of benzene rings is 1. The molecule has 0 aromatic heterocycles. The van der Waals surface area contributed by atoms with Crippen molar-refractivity contribution in [1.82, 2.24) is 4.72 Å². The maximum atomic E-state index is 12.1. The predicted molar refractivity (Wildman–Crippen MR) is 76.0 cm³/mol. The van der Waals surface area contributed by atoms with Crippen molar-refractivity contribution in [2.75, 3.05) is 13.7 Å². The molecule has 0 saturated heterocycles. The average molecular weight is 317 g/mol. The van der Waals surface area contributed by atoms with Gasteiger partial charge in [-0.25, -0.2) is 17.9 Å². The lowest BCUT2D eigenvalue weighted by molar-refractivity contribution is 0.0693. The minimum absolute atomic E-state index is 0.0728. The summed E-state index contributed by atoms with van der Waals surface area (Å²) in [6.07, 6.45) is -0.822. The number of carbonyl (C=O) groups is 1. The standard InChI is InChI=1S/C13H19NO6S/c1-8(2)11(15)7-14-21(18,19)9-4-5-12(20-3)10(6-9)13(16)17/h4-6,8,11,14-15H,7H2,1-3H3,(H,16,17). The Morgan fingerprint density at radius 2 is 2.00 bits per heavy atom. The number of aliphatic hydroxyl groups excluding tert-OH is 1. The highest BCUT2D eigenvalue weighted by Crippen LogP contribution is 2.22. The van der Waals surface area contributed by atoms with Crippen molar-refractivity contribution in [3.05, 3.63) is 23.8 Å². The van der Waals surface area contributed by atoms with E-state index in [0.29, 0.717) is 0 Å². The molecule has 0 aliphatic heterocycles. The van der Waals surface area contributed by atoms with E-state index in [2.05, 4.69) is 4.72 Å². The third-order valence-corrected chi connectivity index (χ3v) is 4.38. The Morgan fingerprint density at radius 1 is 1.38 bits per heavy atom. The van der Waals surface area contributed by atoms with Crippen LogP contribution in [0.1, 0.15) is 24.2 Å². The van der Waals surface area contributed by atoms with Gasteiger partial charge in [0, 0.05) is 6.54 Å². The summed E-state index contributed by atoms with van der Waals surface area (Å²) in [5.74, 6) is -1.31. The van der Waals surface area contributed by atoms with Gasteiger partial charge in [0.05, 0.1) is 18.1 Å². The predicted octanol–water partition coefficient (Wildman–Crippen LogP) is 0.689. The summed E-state index contributed by atoms with van der Waals surface area (Å²) in [4.78, 5) is 10.9. The molecule has 1 unspecified atom stereocenters. The molecule has 1 aromatic carbocycles. The number of nitrogens with one attached hydrogen (secondary N) is 1. The third kappa shape index (κ3) is 4.42. The van der Waals surface area contributed by atoms with Gasteiger partial charge >= 0.3 is 5.97 Å². The molecule has 7 nitrogen and oxygen atoms in total. The molecular formula is C13H19NO6S. The van der Waals surface area contributed by atoms with Gasteiger partial charge in [0.2, 0.25) is 10.0 Å². The fraction of sp³-hybridized carbons (Fsp3) is 0.462. The quantitative estimate of drug-likeness (QED) is 0.682. The molecule has 21 heavy (non-hydrogen) atoms. The molecule has 0 radical (unpaired) electrons. The monoisotopic (exact) mass is 317 g/mol. The summed E-state index contributed by atoms with van der Waals surface area (Å²) >= 11 is 0. The van der Waals surface area contributed by atoms with Gasteiger partial charge < -0.3 is 14.9 Å². The minimum atomic E-state index is -3.90. The second-order valence-electron chi connectivity index (χ2n) is 4.83. The number of rotatable bonds is 7. The number of aliphatic hydroxyl groups is 1. The molecule has 0 spiro atoms.